The van der Waals surface area contributed by atoms with Gasteiger partial charge in [0.2, 0.25) is 0 Å². The topological polar surface area (TPSA) is 29.5 Å². The number of hydrogen-bond donors (Lipinski definition) is 1. The van der Waals surface area contributed by atoms with Gasteiger partial charge in [-0.25, -0.2) is 4.39 Å². The molecule has 0 fully saturated rings. The summed E-state index contributed by atoms with van der Waals surface area (Å²) in [6.07, 6.45) is 0.00656. The quantitative estimate of drug-likeness (QED) is 0.772. The smallest absolute Gasteiger partial charge is 0.128 e. The normalized spacial score (nSPS) is 24.9. The van der Waals surface area contributed by atoms with E-state index in [1.807, 2.05) is 13.8 Å². The summed E-state index contributed by atoms with van der Waals surface area (Å²) in [5.74, 6) is 0.467. The second-order valence-electron chi connectivity index (χ2n) is 4.33. The van der Waals surface area contributed by atoms with E-state index in [4.69, 9.17) is 4.74 Å². The summed E-state index contributed by atoms with van der Waals surface area (Å²) < 4.78 is 18.6. The van der Waals surface area contributed by atoms with E-state index >= 15 is 0 Å². The molecule has 1 aromatic rings. The van der Waals surface area contributed by atoms with Gasteiger partial charge >= 0.3 is 0 Å². The Bertz CT molecular complexity index is 363. The third kappa shape index (κ3) is 1.97. The molecule has 1 aromatic carbocycles. The van der Waals surface area contributed by atoms with Crippen molar-refractivity contribution in [2.45, 2.75) is 32.5 Å². The van der Waals surface area contributed by atoms with Crippen LogP contribution in [0.2, 0.25) is 0 Å². The highest BCUT2D eigenvalue weighted by atomic mass is 19.1. The van der Waals surface area contributed by atoms with Gasteiger partial charge in [-0.05, 0) is 18.1 Å². The summed E-state index contributed by atoms with van der Waals surface area (Å²) in [4.78, 5) is 0. The Kier molecular flexibility index (Phi) is 2.65. The standard InChI is InChI=1S/C12H15FO2/c1-7(2)11-6-10(14)9-4-3-8(13)5-12(9)15-11/h3-5,7,10-11,14H,6H2,1-2H3/t10-,11?/m0/s1. The van der Waals surface area contributed by atoms with Crippen molar-refractivity contribution in [1.82, 2.24) is 0 Å². The summed E-state index contributed by atoms with van der Waals surface area (Å²) in [6, 6.07) is 4.28. The van der Waals surface area contributed by atoms with E-state index in [2.05, 4.69) is 0 Å². The van der Waals surface area contributed by atoms with Gasteiger partial charge in [-0.1, -0.05) is 13.8 Å². The van der Waals surface area contributed by atoms with Gasteiger partial charge in [-0.15, -0.1) is 0 Å². The first kappa shape index (κ1) is 10.4. The van der Waals surface area contributed by atoms with Gasteiger partial charge < -0.3 is 9.84 Å². The molecular formula is C12H15FO2. The summed E-state index contributed by atoms with van der Waals surface area (Å²) in [5, 5.41) is 9.87. The zero-order chi connectivity index (χ0) is 11.0. The third-order valence-electron chi connectivity index (χ3n) is 2.81. The highest BCUT2D eigenvalue weighted by molar-refractivity contribution is 5.37. The molecule has 0 aromatic heterocycles. The number of hydrogen-bond acceptors (Lipinski definition) is 2. The second kappa shape index (κ2) is 3.81. The van der Waals surface area contributed by atoms with Crippen LogP contribution in [0.3, 0.4) is 0 Å². The molecule has 0 amide bonds. The van der Waals surface area contributed by atoms with Crippen molar-refractivity contribution in [2.24, 2.45) is 5.92 Å². The van der Waals surface area contributed by atoms with E-state index < -0.39 is 6.10 Å². The first-order valence-corrected chi connectivity index (χ1v) is 5.22. The molecule has 82 valence electrons. The average Bonchev–Trinajstić information content (AvgIpc) is 2.16. The van der Waals surface area contributed by atoms with Gasteiger partial charge in [0, 0.05) is 18.1 Å². The van der Waals surface area contributed by atoms with Crippen LogP contribution in [0.25, 0.3) is 0 Å². The Morgan fingerprint density at radius 1 is 1.47 bits per heavy atom. The fraction of sp³-hybridized carbons (Fsp3) is 0.500. The molecule has 15 heavy (non-hydrogen) atoms. The Hall–Kier alpha value is -1.09. The fourth-order valence-corrected chi connectivity index (χ4v) is 1.85. The van der Waals surface area contributed by atoms with Crippen molar-refractivity contribution in [3.05, 3.63) is 29.6 Å². The molecule has 0 bridgehead atoms. The lowest BCUT2D eigenvalue weighted by Crippen LogP contribution is -2.30. The van der Waals surface area contributed by atoms with Crippen LogP contribution in [0.5, 0.6) is 5.75 Å². The zero-order valence-corrected chi connectivity index (χ0v) is 8.90. The molecular weight excluding hydrogens is 195 g/mol. The molecule has 1 aliphatic rings. The summed E-state index contributed by atoms with van der Waals surface area (Å²) in [6.45, 7) is 4.06. The monoisotopic (exact) mass is 210 g/mol. The molecule has 2 rings (SSSR count). The van der Waals surface area contributed by atoms with E-state index in [0.29, 0.717) is 23.7 Å². The maximum atomic E-state index is 13.0. The third-order valence-corrected chi connectivity index (χ3v) is 2.81. The van der Waals surface area contributed by atoms with Gasteiger partial charge in [0.1, 0.15) is 17.7 Å². The number of ether oxygens (including phenoxy) is 1. The number of aliphatic hydroxyl groups is 1. The van der Waals surface area contributed by atoms with Crippen LogP contribution in [0.1, 0.15) is 31.9 Å². The first-order chi connectivity index (χ1) is 7.08. The minimum atomic E-state index is -0.540. The van der Waals surface area contributed by atoms with Crippen LogP contribution in [0, 0.1) is 11.7 Å². The maximum absolute atomic E-state index is 13.0. The predicted molar refractivity (Wildman–Crippen MR) is 55.2 cm³/mol. The minimum Gasteiger partial charge on any atom is -0.490 e. The molecule has 1 heterocycles. The van der Waals surface area contributed by atoms with Crippen LogP contribution in [0.15, 0.2) is 18.2 Å². The molecule has 2 atom stereocenters. The molecule has 0 aliphatic carbocycles. The Morgan fingerprint density at radius 2 is 2.20 bits per heavy atom. The van der Waals surface area contributed by atoms with Crippen LogP contribution in [0.4, 0.5) is 4.39 Å². The number of aliphatic hydroxyl groups excluding tert-OH is 1. The number of halogens is 1. The Labute approximate surface area is 88.7 Å². The lowest BCUT2D eigenvalue weighted by Gasteiger charge is -2.31. The van der Waals surface area contributed by atoms with Crippen molar-refractivity contribution in [1.29, 1.82) is 0 Å². The van der Waals surface area contributed by atoms with E-state index in [0.717, 1.165) is 0 Å². The molecule has 1 N–H and O–H groups in total. The van der Waals surface area contributed by atoms with Gasteiger partial charge in [0.05, 0.1) is 6.10 Å². The number of rotatable bonds is 1. The summed E-state index contributed by atoms with van der Waals surface area (Å²) in [5.41, 5.74) is 0.688. The lowest BCUT2D eigenvalue weighted by molar-refractivity contribution is 0.0424. The van der Waals surface area contributed by atoms with Gasteiger partial charge in [0.15, 0.2) is 0 Å². The average molecular weight is 210 g/mol. The molecule has 0 saturated heterocycles. The Morgan fingerprint density at radius 3 is 2.87 bits per heavy atom. The van der Waals surface area contributed by atoms with Crippen LogP contribution in [-0.4, -0.2) is 11.2 Å². The van der Waals surface area contributed by atoms with E-state index in [-0.39, 0.29) is 11.9 Å². The molecule has 2 nitrogen and oxygen atoms in total. The largest absolute Gasteiger partial charge is 0.490 e. The fourth-order valence-electron chi connectivity index (χ4n) is 1.85. The first-order valence-electron chi connectivity index (χ1n) is 5.22. The summed E-state index contributed by atoms with van der Waals surface area (Å²) in [7, 11) is 0. The van der Waals surface area contributed by atoms with Crippen molar-refractivity contribution < 1.29 is 14.2 Å². The van der Waals surface area contributed by atoms with Crippen LogP contribution in [-0.2, 0) is 0 Å². The van der Waals surface area contributed by atoms with E-state index in [1.165, 1.54) is 12.1 Å². The van der Waals surface area contributed by atoms with Gasteiger partial charge in [-0.2, -0.15) is 0 Å². The van der Waals surface area contributed by atoms with Crippen LogP contribution < -0.4 is 4.74 Å². The molecule has 0 saturated carbocycles. The van der Waals surface area contributed by atoms with Gasteiger partial charge in [-0.3, -0.25) is 0 Å². The van der Waals surface area contributed by atoms with Crippen molar-refractivity contribution >= 4 is 0 Å². The lowest BCUT2D eigenvalue weighted by atomic mass is 9.93. The second-order valence-corrected chi connectivity index (χ2v) is 4.33. The predicted octanol–water partition coefficient (Wildman–Crippen LogP) is 2.67. The molecule has 0 spiro atoms. The molecule has 0 radical (unpaired) electrons. The van der Waals surface area contributed by atoms with Crippen LogP contribution >= 0.6 is 0 Å². The zero-order valence-electron chi connectivity index (χ0n) is 8.90. The number of fused-ring (bicyclic) bond motifs is 1. The van der Waals surface area contributed by atoms with Gasteiger partial charge in [0.25, 0.3) is 0 Å². The SMILES string of the molecule is CC(C)C1C[C@H](O)c2ccc(F)cc2O1. The molecule has 3 heteroatoms. The van der Waals surface area contributed by atoms with Crippen molar-refractivity contribution in [2.75, 3.05) is 0 Å². The Balaban J connectivity index is 2.33. The highest BCUT2D eigenvalue weighted by Gasteiger charge is 2.28. The van der Waals surface area contributed by atoms with E-state index in [9.17, 15) is 9.50 Å². The number of benzene rings is 1. The maximum Gasteiger partial charge on any atom is 0.128 e. The van der Waals surface area contributed by atoms with E-state index in [1.54, 1.807) is 6.07 Å². The molecule has 1 unspecified atom stereocenters. The summed E-state index contributed by atoms with van der Waals surface area (Å²) >= 11 is 0. The van der Waals surface area contributed by atoms with Crippen molar-refractivity contribution in [3.8, 4) is 5.75 Å². The minimum absolute atomic E-state index is 0.0331. The molecule has 1 aliphatic heterocycles. The van der Waals surface area contributed by atoms with Crippen molar-refractivity contribution in [3.63, 3.8) is 0 Å². The highest BCUT2D eigenvalue weighted by Crippen LogP contribution is 2.36.